The van der Waals surface area contributed by atoms with E-state index in [1.807, 2.05) is 38.1 Å². The van der Waals surface area contributed by atoms with Crippen LogP contribution in [0.3, 0.4) is 0 Å². The van der Waals surface area contributed by atoms with Crippen LogP contribution in [0.15, 0.2) is 48.5 Å². The highest BCUT2D eigenvalue weighted by Gasteiger charge is 2.04. The van der Waals surface area contributed by atoms with Gasteiger partial charge in [-0.1, -0.05) is 35.9 Å². The van der Waals surface area contributed by atoms with Gasteiger partial charge in [-0.25, -0.2) is 0 Å². The zero-order valence-corrected chi connectivity index (χ0v) is 15.0. The van der Waals surface area contributed by atoms with Gasteiger partial charge >= 0.3 is 0 Å². The van der Waals surface area contributed by atoms with Crippen molar-refractivity contribution in [3.8, 4) is 5.75 Å². The molecule has 0 radical (unpaired) electrons. The Morgan fingerprint density at radius 3 is 2.58 bits per heavy atom. The number of hydrogen-bond donors (Lipinski definition) is 1. The lowest BCUT2D eigenvalue weighted by Gasteiger charge is -2.11. The van der Waals surface area contributed by atoms with Crippen molar-refractivity contribution in [2.45, 2.75) is 39.2 Å². The van der Waals surface area contributed by atoms with E-state index in [0.717, 1.165) is 24.2 Å². The Morgan fingerprint density at radius 1 is 1.12 bits per heavy atom. The van der Waals surface area contributed by atoms with Crippen LogP contribution in [0.5, 0.6) is 5.75 Å². The summed E-state index contributed by atoms with van der Waals surface area (Å²) in [6.45, 7) is 4.70. The summed E-state index contributed by atoms with van der Waals surface area (Å²) in [6, 6.07) is 15.5. The van der Waals surface area contributed by atoms with Gasteiger partial charge in [-0.2, -0.15) is 0 Å². The Bertz CT molecular complexity index is 653. The summed E-state index contributed by atoms with van der Waals surface area (Å²) in [5.74, 6) is 0.934. The average molecular weight is 346 g/mol. The van der Waals surface area contributed by atoms with Crippen molar-refractivity contribution < 1.29 is 9.53 Å². The molecule has 24 heavy (non-hydrogen) atoms. The molecule has 0 saturated carbocycles. The maximum atomic E-state index is 11.9. The lowest BCUT2D eigenvalue weighted by Crippen LogP contribution is -2.26. The number of halogens is 1. The monoisotopic (exact) mass is 345 g/mol. The van der Waals surface area contributed by atoms with Gasteiger partial charge in [-0.15, -0.1) is 0 Å². The zero-order chi connectivity index (χ0) is 17.4. The van der Waals surface area contributed by atoms with E-state index < -0.39 is 0 Å². The summed E-state index contributed by atoms with van der Waals surface area (Å²) in [7, 11) is 0. The number of rotatable bonds is 8. The van der Waals surface area contributed by atoms with Crippen LogP contribution in [-0.4, -0.2) is 18.6 Å². The van der Waals surface area contributed by atoms with Crippen molar-refractivity contribution in [3.05, 3.63) is 64.7 Å². The number of benzene rings is 2. The van der Waals surface area contributed by atoms with E-state index in [1.54, 1.807) is 12.1 Å². The third kappa shape index (κ3) is 6.63. The summed E-state index contributed by atoms with van der Waals surface area (Å²) >= 11 is 5.84. The van der Waals surface area contributed by atoms with Crippen LogP contribution < -0.4 is 10.1 Å². The van der Waals surface area contributed by atoms with E-state index in [1.165, 1.54) is 5.56 Å². The van der Waals surface area contributed by atoms with E-state index in [4.69, 9.17) is 16.3 Å². The summed E-state index contributed by atoms with van der Waals surface area (Å²) in [4.78, 5) is 11.9. The minimum Gasteiger partial charge on any atom is -0.491 e. The second-order valence-corrected chi connectivity index (χ2v) is 6.51. The van der Waals surface area contributed by atoms with Gasteiger partial charge in [0, 0.05) is 11.6 Å². The highest BCUT2D eigenvalue weighted by molar-refractivity contribution is 6.30. The van der Waals surface area contributed by atoms with Gasteiger partial charge in [0.15, 0.2) is 0 Å². The fourth-order valence-electron chi connectivity index (χ4n) is 2.42. The lowest BCUT2D eigenvalue weighted by molar-refractivity contribution is -0.120. The number of carbonyl (C=O) groups excluding carboxylic acids is 1. The summed E-state index contributed by atoms with van der Waals surface area (Å²) in [6.07, 6.45) is 2.37. The molecule has 1 amide bonds. The van der Waals surface area contributed by atoms with E-state index in [2.05, 4.69) is 17.4 Å². The summed E-state index contributed by atoms with van der Waals surface area (Å²) in [5.41, 5.74) is 2.19. The molecule has 2 aromatic carbocycles. The van der Waals surface area contributed by atoms with Crippen LogP contribution in [0.4, 0.5) is 0 Å². The number of nitrogens with one attached hydrogen (secondary N) is 1. The lowest BCUT2D eigenvalue weighted by atomic mass is 10.1. The molecule has 0 aliphatic carbocycles. The summed E-state index contributed by atoms with van der Waals surface area (Å²) < 4.78 is 5.70. The minimum absolute atomic E-state index is 0.0363. The normalized spacial score (nSPS) is 10.7. The molecule has 0 aliphatic heterocycles. The molecule has 128 valence electrons. The summed E-state index contributed by atoms with van der Waals surface area (Å²) in [5, 5.41) is 3.64. The van der Waals surface area contributed by atoms with Crippen LogP contribution in [0.1, 0.15) is 31.4 Å². The van der Waals surface area contributed by atoms with E-state index in [0.29, 0.717) is 18.0 Å². The number of carbonyl (C=O) groups is 1. The van der Waals surface area contributed by atoms with Crippen LogP contribution in [0, 0.1) is 0 Å². The molecule has 0 heterocycles. The molecule has 3 nitrogen and oxygen atoms in total. The standard InChI is InChI=1S/C20H24ClNO2/c1-15(2)24-19-7-3-5-16(13-19)6-4-12-22-20(23)14-17-8-10-18(21)11-9-17/h3,5,7-11,13,15H,4,6,12,14H2,1-2H3,(H,22,23). The van der Waals surface area contributed by atoms with E-state index in [-0.39, 0.29) is 12.0 Å². The molecule has 0 spiro atoms. The second kappa shape index (κ2) is 9.33. The fourth-order valence-corrected chi connectivity index (χ4v) is 2.54. The fraction of sp³-hybridized carbons (Fsp3) is 0.350. The molecule has 0 atom stereocenters. The van der Waals surface area contributed by atoms with Crippen molar-refractivity contribution in [3.63, 3.8) is 0 Å². The van der Waals surface area contributed by atoms with E-state index >= 15 is 0 Å². The third-order valence-corrected chi connectivity index (χ3v) is 3.76. The van der Waals surface area contributed by atoms with Gasteiger partial charge in [0.1, 0.15) is 5.75 Å². The van der Waals surface area contributed by atoms with Crippen LogP contribution in [0.25, 0.3) is 0 Å². The van der Waals surface area contributed by atoms with Crippen molar-refractivity contribution in [1.82, 2.24) is 5.32 Å². The van der Waals surface area contributed by atoms with Crippen molar-refractivity contribution in [2.24, 2.45) is 0 Å². The van der Waals surface area contributed by atoms with Gasteiger partial charge < -0.3 is 10.1 Å². The highest BCUT2D eigenvalue weighted by atomic mass is 35.5. The molecule has 0 aromatic heterocycles. The maximum absolute atomic E-state index is 11.9. The Morgan fingerprint density at radius 2 is 1.88 bits per heavy atom. The number of hydrogen-bond acceptors (Lipinski definition) is 2. The first-order chi connectivity index (χ1) is 11.5. The Hall–Kier alpha value is -2.00. The molecule has 0 fully saturated rings. The number of aryl methyl sites for hydroxylation is 1. The molecule has 0 saturated heterocycles. The van der Waals surface area contributed by atoms with Crippen LogP contribution in [-0.2, 0) is 17.6 Å². The predicted octanol–water partition coefficient (Wildman–Crippen LogP) is 4.42. The zero-order valence-electron chi connectivity index (χ0n) is 14.2. The molecule has 2 rings (SSSR count). The first-order valence-electron chi connectivity index (χ1n) is 8.29. The van der Waals surface area contributed by atoms with Gasteiger partial charge in [0.05, 0.1) is 12.5 Å². The molecule has 4 heteroatoms. The van der Waals surface area contributed by atoms with Gasteiger partial charge in [-0.05, 0) is 62.1 Å². The van der Waals surface area contributed by atoms with Crippen LogP contribution in [0.2, 0.25) is 5.02 Å². The molecule has 0 bridgehead atoms. The second-order valence-electron chi connectivity index (χ2n) is 6.07. The highest BCUT2D eigenvalue weighted by Crippen LogP contribution is 2.16. The Kier molecular flexibility index (Phi) is 7.13. The Labute approximate surface area is 149 Å². The van der Waals surface area contributed by atoms with Crippen LogP contribution >= 0.6 is 11.6 Å². The molecular weight excluding hydrogens is 322 g/mol. The van der Waals surface area contributed by atoms with Gasteiger partial charge in [0.2, 0.25) is 5.91 Å². The third-order valence-electron chi connectivity index (χ3n) is 3.51. The first kappa shape index (κ1) is 18.3. The molecule has 0 aliphatic rings. The first-order valence-corrected chi connectivity index (χ1v) is 8.67. The smallest absolute Gasteiger partial charge is 0.224 e. The van der Waals surface area contributed by atoms with Crippen molar-refractivity contribution in [1.29, 1.82) is 0 Å². The van der Waals surface area contributed by atoms with Crippen molar-refractivity contribution >= 4 is 17.5 Å². The molecule has 2 aromatic rings. The molecule has 0 unspecified atom stereocenters. The van der Waals surface area contributed by atoms with Gasteiger partial charge in [-0.3, -0.25) is 4.79 Å². The average Bonchev–Trinajstić information content (AvgIpc) is 2.53. The largest absolute Gasteiger partial charge is 0.491 e. The number of ether oxygens (including phenoxy) is 1. The Balaban J connectivity index is 1.70. The topological polar surface area (TPSA) is 38.3 Å². The maximum Gasteiger partial charge on any atom is 0.224 e. The van der Waals surface area contributed by atoms with Crippen molar-refractivity contribution in [2.75, 3.05) is 6.54 Å². The van der Waals surface area contributed by atoms with Gasteiger partial charge in [0.25, 0.3) is 0 Å². The number of amides is 1. The molecular formula is C20H24ClNO2. The minimum atomic E-state index is 0.0363. The molecule has 1 N–H and O–H groups in total. The van der Waals surface area contributed by atoms with E-state index in [9.17, 15) is 4.79 Å². The predicted molar refractivity (Wildman–Crippen MR) is 98.7 cm³/mol. The quantitative estimate of drug-likeness (QED) is 0.719. The SMILES string of the molecule is CC(C)Oc1cccc(CCCNC(=O)Cc2ccc(Cl)cc2)c1.